The van der Waals surface area contributed by atoms with Gasteiger partial charge in [0.1, 0.15) is 17.1 Å². The second-order valence-corrected chi connectivity index (χ2v) is 6.65. The van der Waals surface area contributed by atoms with Crippen LogP contribution in [0, 0.1) is 11.7 Å². The molecule has 0 saturated heterocycles. The van der Waals surface area contributed by atoms with Crippen LogP contribution in [0.5, 0.6) is 0 Å². The van der Waals surface area contributed by atoms with E-state index >= 15 is 0 Å². The standard InChI is InChI=1S/C19H21FN2O4/c1-11(21-18(23)13-5-3-2-4-6-13)17-15(19(24)25)16(22-26-17)12-7-9-14(20)10-8-12/h7-11,13H,2-6H2,1H3,(H,21,23)(H,24,25). The van der Waals surface area contributed by atoms with Crippen LogP contribution < -0.4 is 5.32 Å². The van der Waals surface area contributed by atoms with Gasteiger partial charge >= 0.3 is 5.97 Å². The quantitative estimate of drug-likeness (QED) is 0.843. The molecule has 2 aromatic rings. The molecule has 0 bridgehead atoms. The number of aromatic carboxylic acids is 1. The van der Waals surface area contributed by atoms with Gasteiger partial charge in [-0.2, -0.15) is 0 Å². The van der Waals surface area contributed by atoms with Crippen LogP contribution in [0.3, 0.4) is 0 Å². The van der Waals surface area contributed by atoms with Crippen molar-refractivity contribution >= 4 is 11.9 Å². The number of amides is 1. The van der Waals surface area contributed by atoms with E-state index in [1.807, 2.05) is 0 Å². The van der Waals surface area contributed by atoms with Crippen LogP contribution in [0.4, 0.5) is 4.39 Å². The summed E-state index contributed by atoms with van der Waals surface area (Å²) < 4.78 is 18.4. The summed E-state index contributed by atoms with van der Waals surface area (Å²) >= 11 is 0. The number of carbonyl (C=O) groups is 2. The SMILES string of the molecule is CC(NC(=O)C1CCCCC1)c1onc(-c2ccc(F)cc2)c1C(=O)O. The Bertz CT molecular complexity index is 794. The molecule has 1 aliphatic rings. The number of carboxylic acids is 1. The molecule has 2 N–H and O–H groups in total. The second-order valence-electron chi connectivity index (χ2n) is 6.65. The van der Waals surface area contributed by atoms with Gasteiger partial charge in [-0.1, -0.05) is 24.4 Å². The summed E-state index contributed by atoms with van der Waals surface area (Å²) in [6.07, 6.45) is 4.91. The number of nitrogens with one attached hydrogen (secondary N) is 1. The average Bonchev–Trinajstić information content (AvgIpc) is 3.08. The van der Waals surface area contributed by atoms with Crippen molar-refractivity contribution in [1.29, 1.82) is 0 Å². The molecule has 138 valence electrons. The summed E-state index contributed by atoms with van der Waals surface area (Å²) in [6.45, 7) is 1.67. The van der Waals surface area contributed by atoms with E-state index in [1.54, 1.807) is 6.92 Å². The molecule has 1 aliphatic carbocycles. The first-order valence-electron chi connectivity index (χ1n) is 8.76. The summed E-state index contributed by atoms with van der Waals surface area (Å²) in [5.41, 5.74) is 0.434. The third-order valence-electron chi connectivity index (χ3n) is 4.78. The number of nitrogens with zero attached hydrogens (tertiary/aromatic N) is 1. The zero-order valence-electron chi connectivity index (χ0n) is 14.5. The number of halogens is 1. The normalized spacial score (nSPS) is 16.2. The summed E-state index contributed by atoms with van der Waals surface area (Å²) in [4.78, 5) is 24.2. The number of aromatic nitrogens is 1. The van der Waals surface area contributed by atoms with E-state index in [1.165, 1.54) is 24.3 Å². The van der Waals surface area contributed by atoms with Gasteiger partial charge < -0.3 is 14.9 Å². The molecule has 0 spiro atoms. The maximum Gasteiger partial charge on any atom is 0.341 e. The van der Waals surface area contributed by atoms with E-state index < -0.39 is 17.8 Å². The van der Waals surface area contributed by atoms with Gasteiger partial charge in [-0.25, -0.2) is 9.18 Å². The fourth-order valence-corrected chi connectivity index (χ4v) is 3.37. The Hall–Kier alpha value is -2.70. The third kappa shape index (κ3) is 3.76. The molecular formula is C19H21FN2O4. The highest BCUT2D eigenvalue weighted by Gasteiger charge is 2.30. The van der Waals surface area contributed by atoms with Gasteiger partial charge in [0.2, 0.25) is 5.91 Å². The van der Waals surface area contributed by atoms with E-state index in [4.69, 9.17) is 4.52 Å². The van der Waals surface area contributed by atoms with Crippen LogP contribution in [0.2, 0.25) is 0 Å². The number of hydrogen-bond acceptors (Lipinski definition) is 4. The van der Waals surface area contributed by atoms with Gasteiger partial charge in [0.05, 0.1) is 6.04 Å². The Morgan fingerprint density at radius 1 is 1.23 bits per heavy atom. The summed E-state index contributed by atoms with van der Waals surface area (Å²) in [7, 11) is 0. The highest BCUT2D eigenvalue weighted by Crippen LogP contribution is 2.30. The van der Waals surface area contributed by atoms with E-state index in [2.05, 4.69) is 10.5 Å². The zero-order chi connectivity index (χ0) is 18.7. The van der Waals surface area contributed by atoms with Crippen LogP contribution >= 0.6 is 0 Å². The highest BCUT2D eigenvalue weighted by atomic mass is 19.1. The van der Waals surface area contributed by atoms with E-state index in [0.29, 0.717) is 5.56 Å². The number of benzene rings is 1. The van der Waals surface area contributed by atoms with Crippen LogP contribution in [0.15, 0.2) is 28.8 Å². The zero-order valence-corrected chi connectivity index (χ0v) is 14.5. The lowest BCUT2D eigenvalue weighted by molar-refractivity contribution is -0.126. The molecule has 1 atom stereocenters. The van der Waals surface area contributed by atoms with E-state index in [0.717, 1.165) is 32.1 Å². The molecule has 1 aromatic heterocycles. The molecule has 7 heteroatoms. The number of carbonyl (C=O) groups excluding carboxylic acids is 1. The van der Waals surface area contributed by atoms with Gasteiger partial charge in [-0.15, -0.1) is 0 Å². The van der Waals surface area contributed by atoms with Gasteiger partial charge in [-0.3, -0.25) is 4.79 Å². The molecule has 6 nitrogen and oxygen atoms in total. The molecule has 1 heterocycles. The Morgan fingerprint density at radius 3 is 2.50 bits per heavy atom. The third-order valence-corrected chi connectivity index (χ3v) is 4.78. The molecule has 1 unspecified atom stereocenters. The molecule has 26 heavy (non-hydrogen) atoms. The van der Waals surface area contributed by atoms with Crippen LogP contribution in [-0.4, -0.2) is 22.1 Å². The fourth-order valence-electron chi connectivity index (χ4n) is 3.37. The van der Waals surface area contributed by atoms with Crippen LogP contribution in [0.1, 0.15) is 61.2 Å². The minimum atomic E-state index is -1.21. The minimum Gasteiger partial charge on any atom is -0.477 e. The maximum absolute atomic E-state index is 13.1. The Kier molecular flexibility index (Phi) is 5.35. The number of carboxylic acid groups (broad SMARTS) is 1. The number of hydrogen-bond donors (Lipinski definition) is 2. The maximum atomic E-state index is 13.1. The van der Waals surface area contributed by atoms with Crippen molar-refractivity contribution in [3.8, 4) is 11.3 Å². The minimum absolute atomic E-state index is 0.0426. The smallest absolute Gasteiger partial charge is 0.341 e. The highest BCUT2D eigenvalue weighted by molar-refractivity contribution is 5.96. The molecule has 1 fully saturated rings. The Morgan fingerprint density at radius 2 is 1.88 bits per heavy atom. The molecule has 1 amide bonds. The van der Waals surface area contributed by atoms with Crippen LogP contribution in [-0.2, 0) is 4.79 Å². The second kappa shape index (κ2) is 7.68. The molecule has 1 aromatic carbocycles. The lowest BCUT2D eigenvalue weighted by atomic mass is 9.88. The molecule has 0 radical (unpaired) electrons. The van der Waals surface area contributed by atoms with Gasteiger partial charge in [-0.05, 0) is 44.0 Å². The van der Waals surface area contributed by atoms with Crippen molar-refractivity contribution in [2.45, 2.75) is 45.1 Å². The lowest BCUT2D eigenvalue weighted by Crippen LogP contribution is -2.34. The van der Waals surface area contributed by atoms with Crippen molar-refractivity contribution in [2.24, 2.45) is 5.92 Å². The van der Waals surface area contributed by atoms with Crippen LogP contribution in [0.25, 0.3) is 11.3 Å². The monoisotopic (exact) mass is 360 g/mol. The van der Waals surface area contributed by atoms with Crippen molar-refractivity contribution in [3.05, 3.63) is 41.4 Å². The summed E-state index contributed by atoms with van der Waals surface area (Å²) in [5, 5.41) is 16.3. The summed E-state index contributed by atoms with van der Waals surface area (Å²) in [6, 6.07) is 4.70. The largest absolute Gasteiger partial charge is 0.477 e. The van der Waals surface area contributed by atoms with E-state index in [9.17, 15) is 19.1 Å². The molecule has 0 aliphatic heterocycles. The Labute approximate surface area is 150 Å². The van der Waals surface area contributed by atoms with Crippen molar-refractivity contribution in [1.82, 2.24) is 10.5 Å². The Balaban J connectivity index is 1.84. The van der Waals surface area contributed by atoms with Gasteiger partial charge in [0.25, 0.3) is 0 Å². The average molecular weight is 360 g/mol. The van der Waals surface area contributed by atoms with Crippen molar-refractivity contribution < 1.29 is 23.6 Å². The molecule has 3 rings (SSSR count). The van der Waals surface area contributed by atoms with E-state index in [-0.39, 0.29) is 28.8 Å². The molecule has 1 saturated carbocycles. The first-order chi connectivity index (χ1) is 12.5. The predicted molar refractivity (Wildman–Crippen MR) is 92.0 cm³/mol. The molecular weight excluding hydrogens is 339 g/mol. The van der Waals surface area contributed by atoms with Crippen molar-refractivity contribution in [3.63, 3.8) is 0 Å². The fraction of sp³-hybridized carbons (Fsp3) is 0.421. The number of rotatable bonds is 5. The first-order valence-corrected chi connectivity index (χ1v) is 8.76. The van der Waals surface area contributed by atoms with Gasteiger partial charge in [0.15, 0.2) is 5.76 Å². The van der Waals surface area contributed by atoms with Gasteiger partial charge in [0, 0.05) is 11.5 Å². The topological polar surface area (TPSA) is 92.4 Å². The first kappa shape index (κ1) is 18.1. The summed E-state index contributed by atoms with van der Waals surface area (Å²) in [5.74, 6) is -1.69. The lowest BCUT2D eigenvalue weighted by Gasteiger charge is -2.22. The van der Waals surface area contributed by atoms with Crippen molar-refractivity contribution in [2.75, 3.05) is 0 Å². The predicted octanol–water partition coefficient (Wildman–Crippen LogP) is 3.94.